The smallest absolute Gasteiger partial charge is 0.257 e. The molecule has 20 heavy (non-hydrogen) atoms. The topological polar surface area (TPSA) is 72.8 Å². The summed E-state index contributed by atoms with van der Waals surface area (Å²) in [5.41, 5.74) is 2.33. The molecule has 0 saturated carbocycles. The van der Waals surface area contributed by atoms with Gasteiger partial charge in [0.15, 0.2) is 6.10 Å². The average molecular weight is 341 g/mol. The third kappa shape index (κ3) is 2.32. The van der Waals surface area contributed by atoms with E-state index >= 15 is 0 Å². The van der Waals surface area contributed by atoms with Crippen molar-refractivity contribution in [2.75, 3.05) is 29.9 Å². The van der Waals surface area contributed by atoms with Gasteiger partial charge in [-0.15, -0.1) is 0 Å². The summed E-state index contributed by atoms with van der Waals surface area (Å²) in [4.78, 5) is 13.7. The van der Waals surface area contributed by atoms with Gasteiger partial charge in [-0.1, -0.05) is 0 Å². The van der Waals surface area contributed by atoms with Crippen molar-refractivity contribution in [3.8, 4) is 0 Å². The highest BCUT2D eigenvalue weighted by molar-refractivity contribution is 9.10. The zero-order chi connectivity index (χ0) is 14.3. The lowest BCUT2D eigenvalue weighted by molar-refractivity contribution is -0.123. The lowest BCUT2D eigenvalue weighted by Gasteiger charge is -2.33. The fourth-order valence-electron chi connectivity index (χ4n) is 2.85. The minimum Gasteiger partial charge on any atom is -0.396 e. The zero-order valence-corrected chi connectivity index (χ0v) is 12.6. The molecule has 1 amide bonds. The monoisotopic (exact) mass is 340 g/mol. The van der Waals surface area contributed by atoms with Crippen LogP contribution in [0.15, 0.2) is 16.6 Å². The van der Waals surface area contributed by atoms with Gasteiger partial charge in [-0.05, 0) is 46.8 Å². The van der Waals surface area contributed by atoms with Gasteiger partial charge in [0.1, 0.15) is 0 Å². The number of carbonyl (C=O) groups is 1. The first-order valence-corrected chi connectivity index (χ1v) is 7.57. The second-order valence-electron chi connectivity index (χ2n) is 5.40. The Bertz CT molecular complexity index is 541. The van der Waals surface area contributed by atoms with Crippen LogP contribution in [-0.2, 0) is 4.79 Å². The minimum atomic E-state index is -1.07. The second kappa shape index (κ2) is 5.35. The number of fused-ring (bicyclic) bond motifs is 1. The van der Waals surface area contributed by atoms with Gasteiger partial charge < -0.3 is 20.4 Å². The number of amides is 1. The van der Waals surface area contributed by atoms with E-state index in [2.05, 4.69) is 26.1 Å². The summed E-state index contributed by atoms with van der Waals surface area (Å²) in [6.07, 6.45) is 0.861. The molecule has 1 saturated heterocycles. The van der Waals surface area contributed by atoms with Crippen LogP contribution in [0.2, 0.25) is 0 Å². The average Bonchev–Trinajstić information content (AvgIpc) is 2.74. The van der Waals surface area contributed by atoms with E-state index in [0.717, 1.165) is 36.1 Å². The summed E-state index contributed by atoms with van der Waals surface area (Å²) in [7, 11) is 0. The number of hydrogen-bond acceptors (Lipinski definition) is 4. The molecule has 1 unspecified atom stereocenters. The Morgan fingerprint density at radius 2 is 2.05 bits per heavy atom. The van der Waals surface area contributed by atoms with Crippen LogP contribution < -0.4 is 10.2 Å². The maximum Gasteiger partial charge on any atom is 0.257 e. The summed E-state index contributed by atoms with van der Waals surface area (Å²) in [6, 6.07) is 3.72. The van der Waals surface area contributed by atoms with Crippen LogP contribution in [0.4, 0.5) is 11.4 Å². The molecule has 108 valence electrons. The normalized spacial score (nSPS) is 22.9. The highest BCUT2D eigenvalue weighted by Gasteiger charge is 2.30. The first-order chi connectivity index (χ1) is 9.60. The molecule has 0 spiro atoms. The molecule has 1 atom stereocenters. The molecule has 1 aromatic carbocycles. The van der Waals surface area contributed by atoms with Gasteiger partial charge in [-0.25, -0.2) is 0 Å². The number of nitrogens with one attached hydrogen (secondary N) is 1. The van der Waals surface area contributed by atoms with Gasteiger partial charge in [0.25, 0.3) is 5.91 Å². The standard InChI is InChI=1S/C14H17BrN2O3/c15-10-5-9-11(16-14(20)13(9)19)6-12(10)17-3-1-8(7-18)2-4-17/h5-6,8,13,18-19H,1-4,7H2,(H,16,20). The van der Waals surface area contributed by atoms with Gasteiger partial charge in [0.2, 0.25) is 0 Å². The van der Waals surface area contributed by atoms with Crippen LogP contribution in [0.25, 0.3) is 0 Å². The number of rotatable bonds is 2. The number of aliphatic hydroxyl groups excluding tert-OH is 2. The second-order valence-corrected chi connectivity index (χ2v) is 6.25. The number of piperidine rings is 1. The summed E-state index contributed by atoms with van der Waals surface area (Å²) in [5.74, 6) is 0.0176. The Morgan fingerprint density at radius 1 is 1.35 bits per heavy atom. The lowest BCUT2D eigenvalue weighted by Crippen LogP contribution is -2.34. The molecule has 0 aliphatic carbocycles. The molecule has 3 N–H and O–H groups in total. The molecule has 0 radical (unpaired) electrons. The van der Waals surface area contributed by atoms with Crippen LogP contribution in [0.5, 0.6) is 0 Å². The number of carbonyl (C=O) groups excluding carboxylic acids is 1. The fraction of sp³-hybridized carbons (Fsp3) is 0.500. The Kier molecular flexibility index (Phi) is 3.70. The first kappa shape index (κ1) is 13.9. The number of anilines is 2. The predicted octanol–water partition coefficient (Wildman–Crippen LogP) is 1.64. The van der Waals surface area contributed by atoms with Crippen LogP contribution in [0, 0.1) is 5.92 Å². The number of halogens is 1. The SMILES string of the molecule is O=C1Nc2cc(N3CCC(CO)CC3)c(Br)cc2C1O. The fourth-order valence-corrected chi connectivity index (χ4v) is 3.46. The highest BCUT2D eigenvalue weighted by atomic mass is 79.9. The molecule has 0 bridgehead atoms. The summed E-state index contributed by atoms with van der Waals surface area (Å²) in [6.45, 7) is 2.03. The zero-order valence-electron chi connectivity index (χ0n) is 11.0. The first-order valence-electron chi connectivity index (χ1n) is 6.78. The maximum atomic E-state index is 11.5. The van der Waals surface area contributed by atoms with Gasteiger partial charge in [-0.3, -0.25) is 4.79 Å². The molecule has 6 heteroatoms. The van der Waals surface area contributed by atoms with E-state index in [-0.39, 0.29) is 12.5 Å². The van der Waals surface area contributed by atoms with Gasteiger partial charge >= 0.3 is 0 Å². The minimum absolute atomic E-state index is 0.251. The Hall–Kier alpha value is -1.11. The van der Waals surface area contributed by atoms with E-state index < -0.39 is 6.10 Å². The van der Waals surface area contributed by atoms with Crippen molar-refractivity contribution >= 4 is 33.2 Å². The molecule has 0 aromatic heterocycles. The summed E-state index contributed by atoms with van der Waals surface area (Å²) >= 11 is 3.52. The van der Waals surface area contributed by atoms with Crippen molar-refractivity contribution in [3.05, 3.63) is 22.2 Å². The van der Waals surface area contributed by atoms with Crippen LogP contribution in [0.3, 0.4) is 0 Å². The van der Waals surface area contributed by atoms with E-state index in [1.165, 1.54) is 0 Å². The van der Waals surface area contributed by atoms with E-state index in [1.807, 2.05) is 12.1 Å². The van der Waals surface area contributed by atoms with Crippen molar-refractivity contribution in [1.82, 2.24) is 0 Å². The molecule has 1 aromatic rings. The Morgan fingerprint density at radius 3 is 2.70 bits per heavy atom. The number of aliphatic hydroxyl groups is 2. The van der Waals surface area contributed by atoms with Gasteiger partial charge in [-0.2, -0.15) is 0 Å². The molecule has 5 nitrogen and oxygen atoms in total. The van der Waals surface area contributed by atoms with Crippen molar-refractivity contribution in [1.29, 1.82) is 0 Å². The molecular formula is C14H17BrN2O3. The van der Waals surface area contributed by atoms with Crippen LogP contribution in [0.1, 0.15) is 24.5 Å². The van der Waals surface area contributed by atoms with Gasteiger partial charge in [0, 0.05) is 35.4 Å². The predicted molar refractivity (Wildman–Crippen MR) is 79.8 cm³/mol. The van der Waals surface area contributed by atoms with Crippen LogP contribution in [-0.4, -0.2) is 35.8 Å². The van der Waals surface area contributed by atoms with Crippen molar-refractivity contribution in [3.63, 3.8) is 0 Å². The molecule has 2 aliphatic rings. The van der Waals surface area contributed by atoms with Crippen molar-refractivity contribution < 1.29 is 15.0 Å². The number of nitrogens with zero attached hydrogens (tertiary/aromatic N) is 1. The third-order valence-electron chi connectivity index (χ3n) is 4.13. The third-order valence-corrected chi connectivity index (χ3v) is 4.77. The molecule has 3 rings (SSSR count). The van der Waals surface area contributed by atoms with E-state index in [1.54, 1.807) is 0 Å². The summed E-state index contributed by atoms with van der Waals surface area (Å²) in [5, 5.41) is 21.6. The van der Waals surface area contributed by atoms with Crippen LogP contribution >= 0.6 is 15.9 Å². The van der Waals surface area contributed by atoms with E-state index in [4.69, 9.17) is 0 Å². The molecule has 2 aliphatic heterocycles. The highest BCUT2D eigenvalue weighted by Crippen LogP contribution is 2.39. The summed E-state index contributed by atoms with van der Waals surface area (Å²) < 4.78 is 0.884. The van der Waals surface area contributed by atoms with Gasteiger partial charge in [0.05, 0.1) is 5.69 Å². The van der Waals surface area contributed by atoms with E-state index in [0.29, 0.717) is 17.2 Å². The van der Waals surface area contributed by atoms with E-state index in [9.17, 15) is 15.0 Å². The Labute approximate surface area is 125 Å². The number of hydrogen-bond donors (Lipinski definition) is 3. The largest absolute Gasteiger partial charge is 0.396 e. The molecular weight excluding hydrogens is 324 g/mol. The maximum absolute atomic E-state index is 11.5. The molecule has 2 heterocycles. The number of benzene rings is 1. The quantitative estimate of drug-likeness (QED) is 0.765. The van der Waals surface area contributed by atoms with Crippen molar-refractivity contribution in [2.45, 2.75) is 18.9 Å². The Balaban J connectivity index is 1.85. The van der Waals surface area contributed by atoms with Crippen molar-refractivity contribution in [2.24, 2.45) is 5.92 Å². The molecule has 1 fully saturated rings. The lowest BCUT2D eigenvalue weighted by atomic mass is 9.97.